The summed E-state index contributed by atoms with van der Waals surface area (Å²) < 4.78 is 12.1. The largest absolute Gasteiger partial charge is 0.490 e. The zero-order valence-corrected chi connectivity index (χ0v) is 17.0. The molecule has 3 heterocycles. The van der Waals surface area contributed by atoms with Gasteiger partial charge in [-0.15, -0.1) is 0 Å². The van der Waals surface area contributed by atoms with Gasteiger partial charge in [0, 0.05) is 35.1 Å². The van der Waals surface area contributed by atoms with Crippen molar-refractivity contribution in [2.24, 2.45) is 0 Å². The van der Waals surface area contributed by atoms with Gasteiger partial charge in [0.15, 0.2) is 11.3 Å². The molecule has 0 radical (unpaired) electrons. The Labute approximate surface area is 171 Å². The number of fused-ring (bicyclic) bond motifs is 4. The van der Waals surface area contributed by atoms with Crippen LogP contribution < -0.4 is 4.74 Å². The van der Waals surface area contributed by atoms with E-state index in [1.165, 1.54) is 21.9 Å². The van der Waals surface area contributed by atoms with Crippen molar-refractivity contribution in [1.29, 1.82) is 0 Å². The third-order valence-corrected chi connectivity index (χ3v) is 5.99. The fraction of sp³-hybridized carbons (Fsp3) is 0.320. The molecule has 148 valence electrons. The van der Waals surface area contributed by atoms with E-state index in [4.69, 9.17) is 9.15 Å². The Kier molecular flexibility index (Phi) is 4.72. The highest BCUT2D eigenvalue weighted by molar-refractivity contribution is 5.87. The minimum absolute atomic E-state index is 0.434. The van der Waals surface area contributed by atoms with E-state index < -0.39 is 0 Å². The summed E-state index contributed by atoms with van der Waals surface area (Å²) in [6.07, 6.45) is 3.88. The quantitative estimate of drug-likeness (QED) is 0.462. The van der Waals surface area contributed by atoms with Crippen LogP contribution in [-0.2, 0) is 19.4 Å². The molecular formula is C25H26N2O2. The molecule has 0 aliphatic carbocycles. The molecule has 0 saturated carbocycles. The lowest BCUT2D eigenvalue weighted by Gasteiger charge is -2.31. The smallest absolute Gasteiger partial charge is 0.176 e. The van der Waals surface area contributed by atoms with Crippen LogP contribution in [0, 0.1) is 0 Å². The standard InChI is InChI=1S/C25H26N2O2/c1-3-28-23-8-4-7-21-20-11-13-27(16-24(20)29-25(21)23)17(2)14-18-9-10-19-6-5-12-26-22(19)15-18/h4-10,12,15,17H,3,11,13-14,16H2,1-2H3. The van der Waals surface area contributed by atoms with Crippen molar-refractivity contribution in [2.45, 2.75) is 39.3 Å². The van der Waals surface area contributed by atoms with Crippen molar-refractivity contribution < 1.29 is 9.15 Å². The minimum atomic E-state index is 0.434. The number of para-hydroxylation sites is 1. The molecule has 2 aromatic heterocycles. The highest BCUT2D eigenvalue weighted by Gasteiger charge is 2.26. The fourth-order valence-corrected chi connectivity index (χ4v) is 4.47. The van der Waals surface area contributed by atoms with E-state index in [0.29, 0.717) is 12.6 Å². The third kappa shape index (κ3) is 3.38. The first-order valence-electron chi connectivity index (χ1n) is 10.5. The van der Waals surface area contributed by atoms with Gasteiger partial charge in [0.1, 0.15) is 5.76 Å². The Morgan fingerprint density at radius 2 is 2.10 bits per heavy atom. The molecule has 0 N–H and O–H groups in total. The van der Waals surface area contributed by atoms with Gasteiger partial charge in [-0.2, -0.15) is 0 Å². The van der Waals surface area contributed by atoms with E-state index >= 15 is 0 Å². The Hall–Kier alpha value is -2.85. The molecule has 29 heavy (non-hydrogen) atoms. The number of aromatic nitrogens is 1. The van der Waals surface area contributed by atoms with Gasteiger partial charge in [-0.1, -0.05) is 30.3 Å². The summed E-state index contributed by atoms with van der Waals surface area (Å²) in [5, 5.41) is 2.40. The van der Waals surface area contributed by atoms with E-state index in [1.54, 1.807) is 0 Å². The number of hydrogen-bond acceptors (Lipinski definition) is 4. The fourth-order valence-electron chi connectivity index (χ4n) is 4.47. The van der Waals surface area contributed by atoms with Crippen LogP contribution in [0.2, 0.25) is 0 Å². The Balaban J connectivity index is 1.36. The molecule has 0 bridgehead atoms. The van der Waals surface area contributed by atoms with Gasteiger partial charge in [-0.3, -0.25) is 9.88 Å². The summed E-state index contributed by atoms with van der Waals surface area (Å²) in [5.41, 5.74) is 4.64. The zero-order valence-electron chi connectivity index (χ0n) is 17.0. The molecule has 2 aromatic carbocycles. The number of rotatable bonds is 5. The lowest BCUT2D eigenvalue weighted by molar-refractivity contribution is 0.174. The van der Waals surface area contributed by atoms with Crippen molar-refractivity contribution in [3.8, 4) is 5.75 Å². The van der Waals surface area contributed by atoms with E-state index in [2.05, 4.69) is 53.2 Å². The van der Waals surface area contributed by atoms with Crippen LogP contribution in [0.4, 0.5) is 0 Å². The van der Waals surface area contributed by atoms with E-state index in [-0.39, 0.29) is 0 Å². The van der Waals surface area contributed by atoms with Crippen molar-refractivity contribution in [2.75, 3.05) is 13.2 Å². The third-order valence-electron chi connectivity index (χ3n) is 5.99. The van der Waals surface area contributed by atoms with Crippen LogP contribution in [0.25, 0.3) is 21.9 Å². The molecular weight excluding hydrogens is 360 g/mol. The molecule has 0 spiro atoms. The predicted molar refractivity (Wildman–Crippen MR) is 116 cm³/mol. The van der Waals surface area contributed by atoms with Crippen LogP contribution >= 0.6 is 0 Å². The second-order valence-corrected chi connectivity index (χ2v) is 7.87. The van der Waals surface area contributed by atoms with Crippen molar-refractivity contribution in [3.05, 3.63) is 71.6 Å². The van der Waals surface area contributed by atoms with Gasteiger partial charge in [0.2, 0.25) is 0 Å². The molecule has 0 saturated heterocycles. The predicted octanol–water partition coefficient (Wildman–Crippen LogP) is 5.37. The molecule has 1 atom stereocenters. The summed E-state index contributed by atoms with van der Waals surface area (Å²) in [4.78, 5) is 7.02. The highest BCUT2D eigenvalue weighted by Crippen LogP contribution is 2.36. The molecule has 4 heteroatoms. The average molecular weight is 386 g/mol. The summed E-state index contributed by atoms with van der Waals surface area (Å²) >= 11 is 0. The first kappa shape index (κ1) is 18.2. The lowest BCUT2D eigenvalue weighted by Crippen LogP contribution is -2.38. The SMILES string of the molecule is CCOc1cccc2c3c(oc12)CN(C(C)Cc1ccc2cccnc2c1)CC3. The maximum Gasteiger partial charge on any atom is 0.176 e. The monoisotopic (exact) mass is 386 g/mol. The molecule has 1 aliphatic rings. The van der Waals surface area contributed by atoms with Crippen molar-refractivity contribution in [1.82, 2.24) is 9.88 Å². The van der Waals surface area contributed by atoms with Gasteiger partial charge in [-0.25, -0.2) is 0 Å². The number of furan rings is 1. The highest BCUT2D eigenvalue weighted by atomic mass is 16.5. The molecule has 5 rings (SSSR count). The van der Waals surface area contributed by atoms with Crippen molar-refractivity contribution in [3.63, 3.8) is 0 Å². The molecule has 0 amide bonds. The normalized spacial score (nSPS) is 15.5. The van der Waals surface area contributed by atoms with Gasteiger partial charge in [0.25, 0.3) is 0 Å². The number of ether oxygens (including phenoxy) is 1. The van der Waals surface area contributed by atoms with Crippen LogP contribution in [0.3, 0.4) is 0 Å². The average Bonchev–Trinajstić information content (AvgIpc) is 3.13. The molecule has 0 fully saturated rings. The van der Waals surface area contributed by atoms with Gasteiger partial charge >= 0.3 is 0 Å². The Bertz CT molecular complexity index is 1160. The second-order valence-electron chi connectivity index (χ2n) is 7.87. The van der Waals surface area contributed by atoms with Crippen LogP contribution in [0.1, 0.15) is 30.7 Å². The molecule has 1 aliphatic heterocycles. The van der Waals surface area contributed by atoms with E-state index in [9.17, 15) is 0 Å². The zero-order chi connectivity index (χ0) is 19.8. The van der Waals surface area contributed by atoms with Crippen LogP contribution in [0.5, 0.6) is 5.75 Å². The van der Waals surface area contributed by atoms with Gasteiger partial charge in [0.05, 0.1) is 18.7 Å². The first-order valence-corrected chi connectivity index (χ1v) is 10.5. The maximum absolute atomic E-state index is 6.29. The Morgan fingerprint density at radius 3 is 3.00 bits per heavy atom. The summed E-state index contributed by atoms with van der Waals surface area (Å²) in [7, 11) is 0. The maximum atomic E-state index is 6.29. The minimum Gasteiger partial charge on any atom is -0.490 e. The van der Waals surface area contributed by atoms with E-state index in [1.807, 2.05) is 25.3 Å². The second kappa shape index (κ2) is 7.53. The lowest BCUT2D eigenvalue weighted by atomic mass is 9.99. The molecule has 1 unspecified atom stereocenters. The van der Waals surface area contributed by atoms with Crippen LogP contribution in [0.15, 0.2) is 59.1 Å². The molecule has 4 nitrogen and oxygen atoms in total. The number of hydrogen-bond donors (Lipinski definition) is 0. The number of pyridine rings is 1. The summed E-state index contributed by atoms with van der Waals surface area (Å²) in [6, 6.07) is 17.4. The molecule has 4 aromatic rings. The van der Waals surface area contributed by atoms with Gasteiger partial charge in [-0.05, 0) is 50.5 Å². The summed E-state index contributed by atoms with van der Waals surface area (Å²) in [6.45, 7) is 6.86. The number of benzene rings is 2. The van der Waals surface area contributed by atoms with Crippen LogP contribution in [-0.4, -0.2) is 29.1 Å². The Morgan fingerprint density at radius 1 is 1.17 bits per heavy atom. The summed E-state index contributed by atoms with van der Waals surface area (Å²) in [5.74, 6) is 1.94. The van der Waals surface area contributed by atoms with Gasteiger partial charge < -0.3 is 9.15 Å². The number of nitrogens with zero attached hydrogens (tertiary/aromatic N) is 2. The van der Waals surface area contributed by atoms with Crippen molar-refractivity contribution >= 4 is 21.9 Å². The van der Waals surface area contributed by atoms with E-state index in [0.717, 1.165) is 48.5 Å². The first-order chi connectivity index (χ1) is 14.2. The topological polar surface area (TPSA) is 38.5 Å².